The van der Waals surface area contributed by atoms with Crippen molar-refractivity contribution in [2.24, 2.45) is 0 Å². The number of amides is 2. The second-order valence-electron chi connectivity index (χ2n) is 9.78. The number of allylic oxidation sites excluding steroid dienone is 1. The summed E-state index contributed by atoms with van der Waals surface area (Å²) >= 11 is 0. The molecule has 5 nitrogen and oxygen atoms in total. The molecule has 3 N–H and O–H groups in total. The molecule has 2 atom stereocenters. The van der Waals surface area contributed by atoms with Crippen molar-refractivity contribution in [1.29, 1.82) is 0 Å². The Labute approximate surface area is 226 Å². The number of carbonyl (C=O) groups excluding carboxylic acids is 2. The number of hydrogen-bond donors (Lipinski definition) is 3. The summed E-state index contributed by atoms with van der Waals surface area (Å²) in [6, 6.07) is 16.7. The Morgan fingerprint density at radius 3 is 2.49 bits per heavy atom. The van der Waals surface area contributed by atoms with Gasteiger partial charge >= 0.3 is 6.18 Å². The molecule has 3 aromatic rings. The first kappa shape index (κ1) is 28.1. The molecule has 1 aliphatic rings. The largest absolute Gasteiger partial charge is 0.416 e. The first-order chi connectivity index (χ1) is 18.6. The van der Waals surface area contributed by atoms with Crippen LogP contribution in [0, 0.1) is 6.92 Å². The first-order valence-electron chi connectivity index (χ1n) is 13.0. The molecular weight excluding hydrogens is 503 g/mol. The molecule has 39 heavy (non-hydrogen) atoms. The van der Waals surface area contributed by atoms with Crippen molar-refractivity contribution in [2.45, 2.75) is 44.9 Å². The van der Waals surface area contributed by atoms with E-state index in [1.54, 1.807) is 42.5 Å². The summed E-state index contributed by atoms with van der Waals surface area (Å²) in [5.74, 6) is -0.633. The highest BCUT2D eigenvalue weighted by Gasteiger charge is 2.30. The van der Waals surface area contributed by atoms with Crippen LogP contribution in [0.5, 0.6) is 0 Å². The Balaban J connectivity index is 1.54. The highest BCUT2D eigenvalue weighted by atomic mass is 19.4. The molecule has 0 saturated carbocycles. The normalized spacial score (nSPS) is 16.3. The molecule has 1 aliphatic heterocycles. The predicted octanol–water partition coefficient (Wildman–Crippen LogP) is 5.53. The van der Waals surface area contributed by atoms with Crippen LogP contribution in [0.25, 0.3) is 17.2 Å². The number of carbonyl (C=O) groups is 2. The van der Waals surface area contributed by atoms with Gasteiger partial charge in [0.05, 0.1) is 5.56 Å². The van der Waals surface area contributed by atoms with E-state index in [1.165, 1.54) is 6.07 Å². The Hall–Kier alpha value is -3.91. The molecule has 3 aromatic carbocycles. The molecule has 0 bridgehead atoms. The van der Waals surface area contributed by atoms with Crippen LogP contribution >= 0.6 is 0 Å². The van der Waals surface area contributed by atoms with Gasteiger partial charge in [0.25, 0.3) is 5.91 Å². The van der Waals surface area contributed by atoms with Crippen molar-refractivity contribution in [1.82, 2.24) is 16.0 Å². The summed E-state index contributed by atoms with van der Waals surface area (Å²) in [4.78, 5) is 26.4. The number of benzene rings is 3. The van der Waals surface area contributed by atoms with Crippen molar-refractivity contribution in [2.75, 3.05) is 13.1 Å². The average molecular weight is 536 g/mol. The Morgan fingerprint density at radius 1 is 1.05 bits per heavy atom. The molecule has 1 heterocycles. The summed E-state index contributed by atoms with van der Waals surface area (Å²) < 4.78 is 39.4. The molecule has 0 radical (unpaired) electrons. The third-order valence-corrected chi connectivity index (χ3v) is 6.83. The monoisotopic (exact) mass is 535 g/mol. The quantitative estimate of drug-likeness (QED) is 0.355. The van der Waals surface area contributed by atoms with Gasteiger partial charge in [-0.15, -0.1) is 0 Å². The molecular formula is C31H32F3N3O2. The molecule has 4 rings (SSSR count). The highest BCUT2D eigenvalue weighted by Crippen LogP contribution is 2.32. The lowest BCUT2D eigenvalue weighted by atomic mass is 9.98. The number of halogens is 3. The summed E-state index contributed by atoms with van der Waals surface area (Å²) in [5.41, 5.74) is 3.55. The SMILES string of the molecule is C/C=C/c1cc(C(=O)N[C@H](Cc2ccc(-c3cccc(C(F)(F)F)c3)cc2)C(=O)N[C@@H]2CCNC2)ccc1C. The molecule has 204 valence electrons. The van der Waals surface area contributed by atoms with E-state index in [0.29, 0.717) is 23.2 Å². The van der Waals surface area contributed by atoms with Crippen LogP contribution < -0.4 is 16.0 Å². The van der Waals surface area contributed by atoms with Crippen LogP contribution in [-0.2, 0) is 17.4 Å². The summed E-state index contributed by atoms with van der Waals surface area (Å²) in [7, 11) is 0. The molecule has 0 aliphatic carbocycles. The molecule has 1 fully saturated rings. The fourth-order valence-corrected chi connectivity index (χ4v) is 4.62. The standard InChI is InChI=1S/C31H32F3N3O2/c1-3-5-23-17-25(11-8-20(23)2)29(38)37-28(30(39)36-27-14-15-35-19-27)16-21-9-12-22(13-10-21)24-6-4-7-26(18-24)31(32,33)34/h3-13,17-18,27-28,35H,14-16,19H2,1-2H3,(H,36,39)(H,37,38)/b5-3+/t27-,28-/m1/s1. The van der Waals surface area contributed by atoms with E-state index in [-0.39, 0.29) is 24.3 Å². The van der Waals surface area contributed by atoms with Gasteiger partial charge < -0.3 is 16.0 Å². The van der Waals surface area contributed by atoms with Crippen LogP contribution in [0.15, 0.2) is 72.8 Å². The number of nitrogens with one attached hydrogen (secondary N) is 3. The minimum absolute atomic E-state index is 0.0131. The molecule has 0 spiro atoms. The Kier molecular flexibility index (Phi) is 8.86. The maximum absolute atomic E-state index is 13.2. The first-order valence-corrected chi connectivity index (χ1v) is 13.0. The van der Waals surface area contributed by atoms with Crippen molar-refractivity contribution >= 4 is 17.9 Å². The minimum atomic E-state index is -4.42. The van der Waals surface area contributed by atoms with E-state index in [0.717, 1.165) is 41.8 Å². The predicted molar refractivity (Wildman–Crippen MR) is 147 cm³/mol. The lowest BCUT2D eigenvalue weighted by molar-refractivity contribution is -0.137. The maximum atomic E-state index is 13.2. The van der Waals surface area contributed by atoms with Gasteiger partial charge in [0.15, 0.2) is 0 Å². The van der Waals surface area contributed by atoms with E-state index in [1.807, 2.05) is 32.1 Å². The zero-order chi connectivity index (χ0) is 28.0. The van der Waals surface area contributed by atoms with Gasteiger partial charge in [-0.3, -0.25) is 9.59 Å². The molecule has 0 unspecified atom stereocenters. The second-order valence-corrected chi connectivity index (χ2v) is 9.78. The van der Waals surface area contributed by atoms with E-state index < -0.39 is 17.8 Å². The topological polar surface area (TPSA) is 70.2 Å². The van der Waals surface area contributed by atoms with Crippen LogP contribution in [0.3, 0.4) is 0 Å². The lowest BCUT2D eigenvalue weighted by Crippen LogP contribution is -2.51. The van der Waals surface area contributed by atoms with Crippen molar-refractivity contribution < 1.29 is 22.8 Å². The average Bonchev–Trinajstić information content (AvgIpc) is 3.42. The van der Waals surface area contributed by atoms with Gasteiger partial charge in [-0.1, -0.05) is 54.6 Å². The van der Waals surface area contributed by atoms with Crippen molar-refractivity contribution in [3.8, 4) is 11.1 Å². The van der Waals surface area contributed by atoms with Gasteiger partial charge in [0, 0.05) is 24.6 Å². The smallest absolute Gasteiger partial charge is 0.350 e. The number of aryl methyl sites for hydroxylation is 1. The fourth-order valence-electron chi connectivity index (χ4n) is 4.62. The summed E-state index contributed by atoms with van der Waals surface area (Å²) in [5, 5.41) is 9.13. The van der Waals surface area contributed by atoms with E-state index >= 15 is 0 Å². The van der Waals surface area contributed by atoms with Gasteiger partial charge in [0.2, 0.25) is 5.91 Å². The van der Waals surface area contributed by atoms with Crippen LogP contribution in [0.4, 0.5) is 13.2 Å². The number of hydrogen-bond acceptors (Lipinski definition) is 3. The van der Waals surface area contributed by atoms with Crippen LogP contribution in [0.2, 0.25) is 0 Å². The Bertz CT molecular complexity index is 1340. The van der Waals surface area contributed by atoms with Gasteiger partial charge in [-0.2, -0.15) is 13.2 Å². The molecule has 2 amide bonds. The summed E-state index contributed by atoms with van der Waals surface area (Å²) in [6.07, 6.45) is 0.444. The fraction of sp³-hybridized carbons (Fsp3) is 0.290. The van der Waals surface area contributed by atoms with Gasteiger partial charge in [0.1, 0.15) is 6.04 Å². The summed E-state index contributed by atoms with van der Waals surface area (Å²) in [6.45, 7) is 5.35. The number of alkyl halides is 3. The van der Waals surface area contributed by atoms with Crippen molar-refractivity contribution in [3.63, 3.8) is 0 Å². The molecule has 1 saturated heterocycles. The third kappa shape index (κ3) is 7.35. The Morgan fingerprint density at radius 2 is 1.82 bits per heavy atom. The second kappa shape index (κ2) is 12.3. The van der Waals surface area contributed by atoms with Crippen LogP contribution in [0.1, 0.15) is 46.0 Å². The lowest BCUT2D eigenvalue weighted by Gasteiger charge is -2.21. The zero-order valence-electron chi connectivity index (χ0n) is 21.9. The van der Waals surface area contributed by atoms with Crippen LogP contribution in [-0.4, -0.2) is 37.0 Å². The van der Waals surface area contributed by atoms with Gasteiger partial charge in [-0.05, 0) is 78.9 Å². The van der Waals surface area contributed by atoms with E-state index in [9.17, 15) is 22.8 Å². The van der Waals surface area contributed by atoms with Gasteiger partial charge in [-0.25, -0.2) is 0 Å². The zero-order valence-corrected chi connectivity index (χ0v) is 21.9. The van der Waals surface area contributed by atoms with Crippen molar-refractivity contribution in [3.05, 3.63) is 101 Å². The minimum Gasteiger partial charge on any atom is -0.350 e. The van der Waals surface area contributed by atoms with E-state index in [4.69, 9.17) is 0 Å². The maximum Gasteiger partial charge on any atom is 0.416 e. The highest BCUT2D eigenvalue weighted by molar-refractivity contribution is 5.98. The third-order valence-electron chi connectivity index (χ3n) is 6.83. The molecule has 8 heteroatoms. The van der Waals surface area contributed by atoms with E-state index in [2.05, 4.69) is 16.0 Å². The molecule has 0 aromatic heterocycles. The number of rotatable bonds is 8.